The van der Waals surface area contributed by atoms with Gasteiger partial charge in [0.05, 0.1) is 21.0 Å². The van der Waals surface area contributed by atoms with Gasteiger partial charge in [0.2, 0.25) is 0 Å². The van der Waals surface area contributed by atoms with Crippen LogP contribution in [0.25, 0.3) is 0 Å². The van der Waals surface area contributed by atoms with E-state index < -0.39 is 36.3 Å². The summed E-state index contributed by atoms with van der Waals surface area (Å²) >= 11 is 5.40. The first kappa shape index (κ1) is 14.1. The molecule has 1 rings (SSSR count). The van der Waals surface area contributed by atoms with Crippen molar-refractivity contribution in [2.75, 3.05) is 0 Å². The van der Waals surface area contributed by atoms with E-state index in [1.807, 2.05) is 0 Å². The first-order chi connectivity index (χ1) is 7.57. The molecule has 0 unspecified atom stereocenters. The van der Waals surface area contributed by atoms with Gasteiger partial charge in [-0.15, -0.1) is 0 Å². The highest BCUT2D eigenvalue weighted by atomic mass is 35.7. The number of hydrogen-bond donors (Lipinski definition) is 0. The molecule has 0 aromatic heterocycles. The number of hydrogen-bond acceptors (Lipinski definition) is 3. The number of nitrogens with zero attached hydrogens (tertiary/aromatic N) is 1. The van der Waals surface area contributed by atoms with Gasteiger partial charge in [0.25, 0.3) is 9.05 Å². The van der Waals surface area contributed by atoms with Gasteiger partial charge in [-0.05, 0) is 12.1 Å². The average Bonchev–Trinajstić information content (AvgIpc) is 2.14. The van der Waals surface area contributed by atoms with E-state index in [2.05, 4.69) is 0 Å². The average molecular weight is 304 g/mol. The third-order valence-corrected chi connectivity index (χ3v) is 3.43. The van der Waals surface area contributed by atoms with Crippen LogP contribution in [-0.2, 0) is 15.2 Å². The van der Waals surface area contributed by atoms with Gasteiger partial charge in [0.1, 0.15) is 6.07 Å². The summed E-state index contributed by atoms with van der Waals surface area (Å²) in [5.74, 6) is 0. The second kappa shape index (κ2) is 4.37. The zero-order valence-corrected chi connectivity index (χ0v) is 10.0. The van der Waals surface area contributed by atoms with E-state index >= 15 is 0 Å². The maximum atomic E-state index is 12.5. The molecule has 0 aliphatic rings. The fourth-order valence-corrected chi connectivity index (χ4v) is 2.35. The highest BCUT2D eigenvalue weighted by Crippen LogP contribution is 2.38. The van der Waals surface area contributed by atoms with Gasteiger partial charge in [-0.25, -0.2) is 8.42 Å². The summed E-state index contributed by atoms with van der Waals surface area (Å²) in [6.07, 6.45) is -4.94. The molecule has 1 aromatic carbocycles. The van der Waals surface area contributed by atoms with Gasteiger partial charge in [-0.3, -0.25) is 0 Å². The van der Waals surface area contributed by atoms with Gasteiger partial charge in [0, 0.05) is 10.7 Å². The number of halogens is 5. The van der Waals surface area contributed by atoms with Crippen molar-refractivity contribution in [3.05, 3.63) is 28.3 Å². The van der Waals surface area contributed by atoms with Crippen LogP contribution in [0.1, 0.15) is 11.1 Å². The van der Waals surface area contributed by atoms with Gasteiger partial charge >= 0.3 is 6.18 Å². The van der Waals surface area contributed by atoms with E-state index in [4.69, 9.17) is 27.5 Å². The van der Waals surface area contributed by atoms with Crippen LogP contribution in [0.3, 0.4) is 0 Å². The zero-order valence-electron chi connectivity index (χ0n) is 7.72. The Morgan fingerprint density at radius 1 is 1.29 bits per heavy atom. The second-order valence-electron chi connectivity index (χ2n) is 2.88. The van der Waals surface area contributed by atoms with Crippen LogP contribution >= 0.6 is 22.3 Å². The molecule has 0 N–H and O–H groups in total. The van der Waals surface area contributed by atoms with E-state index in [-0.39, 0.29) is 0 Å². The van der Waals surface area contributed by atoms with Gasteiger partial charge in [-0.2, -0.15) is 18.4 Å². The quantitative estimate of drug-likeness (QED) is 0.749. The van der Waals surface area contributed by atoms with Gasteiger partial charge < -0.3 is 0 Å². The van der Waals surface area contributed by atoms with Gasteiger partial charge in [0.15, 0.2) is 0 Å². The largest absolute Gasteiger partial charge is 0.417 e. The number of benzene rings is 1. The molecule has 0 heterocycles. The van der Waals surface area contributed by atoms with Crippen LogP contribution in [0.15, 0.2) is 17.0 Å². The van der Waals surface area contributed by atoms with Crippen molar-refractivity contribution in [2.45, 2.75) is 11.1 Å². The minimum Gasteiger partial charge on any atom is -0.207 e. The Kier molecular flexibility index (Phi) is 3.62. The molecular weight excluding hydrogens is 302 g/mol. The maximum Gasteiger partial charge on any atom is 0.417 e. The van der Waals surface area contributed by atoms with Crippen molar-refractivity contribution >= 4 is 31.3 Å². The molecule has 92 valence electrons. The molecule has 17 heavy (non-hydrogen) atoms. The molecule has 0 spiro atoms. The zero-order chi connectivity index (χ0) is 13.4. The first-order valence-electron chi connectivity index (χ1n) is 3.83. The summed E-state index contributed by atoms with van der Waals surface area (Å²) in [6.45, 7) is 0. The predicted molar refractivity (Wildman–Crippen MR) is 54.2 cm³/mol. The van der Waals surface area contributed by atoms with Crippen molar-refractivity contribution in [2.24, 2.45) is 0 Å². The van der Waals surface area contributed by atoms with E-state index in [0.29, 0.717) is 12.1 Å². The van der Waals surface area contributed by atoms with E-state index in [0.717, 1.165) is 0 Å². The Bertz CT molecular complexity index is 604. The lowest BCUT2D eigenvalue weighted by atomic mass is 10.1. The first-order valence-corrected chi connectivity index (χ1v) is 6.51. The maximum absolute atomic E-state index is 12.5. The topological polar surface area (TPSA) is 57.9 Å². The molecule has 1 aromatic rings. The molecule has 0 saturated heterocycles. The molecule has 0 amide bonds. The molecule has 0 saturated carbocycles. The molecule has 0 aliphatic carbocycles. The van der Waals surface area contributed by atoms with Crippen molar-refractivity contribution < 1.29 is 21.6 Å². The van der Waals surface area contributed by atoms with E-state index in [9.17, 15) is 21.6 Å². The summed E-state index contributed by atoms with van der Waals surface area (Å²) in [4.78, 5) is -1.19. The van der Waals surface area contributed by atoms with Crippen LogP contribution in [0.4, 0.5) is 13.2 Å². The fourth-order valence-electron chi connectivity index (χ4n) is 1.06. The fraction of sp³-hybridized carbons (Fsp3) is 0.125. The van der Waals surface area contributed by atoms with Crippen LogP contribution < -0.4 is 0 Å². The summed E-state index contributed by atoms with van der Waals surface area (Å²) in [7, 11) is 0.247. The lowest BCUT2D eigenvalue weighted by Gasteiger charge is -2.11. The SMILES string of the molecule is N#Cc1cc(S(=O)(=O)Cl)c(C(F)(F)F)cc1Cl. The second-order valence-corrected chi connectivity index (χ2v) is 5.82. The normalized spacial score (nSPS) is 12.2. The summed E-state index contributed by atoms with van der Waals surface area (Å²) in [6, 6.07) is 2.31. The highest BCUT2D eigenvalue weighted by Gasteiger charge is 2.37. The van der Waals surface area contributed by atoms with Crippen molar-refractivity contribution in [3.8, 4) is 6.07 Å². The van der Waals surface area contributed by atoms with E-state index in [1.165, 1.54) is 6.07 Å². The smallest absolute Gasteiger partial charge is 0.207 e. The van der Waals surface area contributed by atoms with Crippen molar-refractivity contribution in [1.29, 1.82) is 5.26 Å². The number of alkyl halides is 3. The van der Waals surface area contributed by atoms with Crippen LogP contribution in [-0.4, -0.2) is 8.42 Å². The Labute approximate surface area is 104 Å². The predicted octanol–water partition coefficient (Wildman–Crippen LogP) is 3.16. The van der Waals surface area contributed by atoms with Crippen molar-refractivity contribution in [3.63, 3.8) is 0 Å². The number of nitriles is 1. The van der Waals surface area contributed by atoms with E-state index in [1.54, 1.807) is 0 Å². The molecule has 3 nitrogen and oxygen atoms in total. The van der Waals surface area contributed by atoms with Crippen LogP contribution in [0.2, 0.25) is 5.02 Å². The molecule has 0 radical (unpaired) electrons. The Morgan fingerprint density at radius 2 is 1.82 bits per heavy atom. The Hall–Kier alpha value is -0.970. The third-order valence-electron chi connectivity index (χ3n) is 1.76. The lowest BCUT2D eigenvalue weighted by molar-refractivity contribution is -0.139. The standard InChI is InChI=1S/C8H2Cl2F3NO2S/c9-6-2-5(8(11,12)13)7(17(10,15)16)1-4(6)3-14/h1-2H. The highest BCUT2D eigenvalue weighted by molar-refractivity contribution is 8.13. The summed E-state index contributed by atoms with van der Waals surface area (Å²) in [5, 5.41) is 8.05. The monoisotopic (exact) mass is 303 g/mol. The van der Waals surface area contributed by atoms with Gasteiger partial charge in [-0.1, -0.05) is 11.6 Å². The third kappa shape index (κ3) is 3.03. The summed E-state index contributed by atoms with van der Waals surface area (Å²) in [5.41, 5.74) is -1.91. The molecule has 0 bridgehead atoms. The minimum atomic E-state index is -4.94. The Balaban J connectivity index is 3.74. The summed E-state index contributed by atoms with van der Waals surface area (Å²) < 4.78 is 59.6. The van der Waals surface area contributed by atoms with Crippen LogP contribution in [0, 0.1) is 11.3 Å². The minimum absolute atomic E-state index is 0.357. The van der Waals surface area contributed by atoms with Crippen molar-refractivity contribution in [1.82, 2.24) is 0 Å². The Morgan fingerprint density at radius 3 is 2.18 bits per heavy atom. The molecule has 0 atom stereocenters. The molecular formula is C8H2Cl2F3NO2S. The lowest BCUT2D eigenvalue weighted by Crippen LogP contribution is -2.11. The molecule has 0 fully saturated rings. The molecule has 0 aliphatic heterocycles. The molecule has 9 heteroatoms. The number of rotatable bonds is 1. The van der Waals surface area contributed by atoms with Crippen LogP contribution in [0.5, 0.6) is 0 Å².